The van der Waals surface area contributed by atoms with Crippen LogP contribution in [0.25, 0.3) is 0 Å². The molecule has 1 heterocycles. The van der Waals surface area contributed by atoms with Crippen LogP contribution in [0, 0.1) is 12.3 Å². The molecule has 0 unspecified atom stereocenters. The van der Waals surface area contributed by atoms with E-state index >= 15 is 0 Å². The lowest BCUT2D eigenvalue weighted by Crippen LogP contribution is -1.75. The standard InChI is InChI=1S/C8H8N2S2/c1-2-5-11-8-10-9-7(12-8)6-3-4-6/h1,6H,3-5H2. The molecule has 0 N–H and O–H groups in total. The predicted molar refractivity (Wildman–Crippen MR) is 51.4 cm³/mol. The summed E-state index contributed by atoms with van der Waals surface area (Å²) in [5.74, 6) is 3.98. The molecule has 0 atom stereocenters. The molecule has 2 rings (SSSR count). The summed E-state index contributed by atoms with van der Waals surface area (Å²) >= 11 is 3.28. The van der Waals surface area contributed by atoms with E-state index in [0.717, 1.165) is 4.34 Å². The minimum atomic E-state index is 0.694. The number of aromatic nitrogens is 2. The molecule has 62 valence electrons. The second kappa shape index (κ2) is 3.46. The molecule has 0 aromatic carbocycles. The van der Waals surface area contributed by atoms with Gasteiger partial charge in [0.15, 0.2) is 4.34 Å². The summed E-state index contributed by atoms with van der Waals surface area (Å²) in [4.78, 5) is 0. The van der Waals surface area contributed by atoms with Gasteiger partial charge in [0.25, 0.3) is 0 Å². The van der Waals surface area contributed by atoms with Gasteiger partial charge in [-0.1, -0.05) is 29.0 Å². The molecule has 0 aliphatic heterocycles. The van der Waals surface area contributed by atoms with Gasteiger partial charge in [0.05, 0.1) is 5.75 Å². The number of terminal acetylenes is 1. The Morgan fingerprint density at radius 2 is 2.42 bits per heavy atom. The van der Waals surface area contributed by atoms with Crippen molar-refractivity contribution in [3.05, 3.63) is 5.01 Å². The molecule has 1 aromatic heterocycles. The van der Waals surface area contributed by atoms with Gasteiger partial charge in [-0.3, -0.25) is 0 Å². The Labute approximate surface area is 79.8 Å². The Bertz CT molecular complexity index is 309. The summed E-state index contributed by atoms with van der Waals surface area (Å²) in [5, 5.41) is 9.35. The van der Waals surface area contributed by atoms with Crippen LogP contribution in [-0.4, -0.2) is 16.0 Å². The van der Waals surface area contributed by atoms with E-state index in [0.29, 0.717) is 11.7 Å². The number of rotatable bonds is 3. The van der Waals surface area contributed by atoms with Crippen LogP contribution >= 0.6 is 23.1 Å². The summed E-state index contributed by atoms with van der Waals surface area (Å²) in [6.45, 7) is 0. The lowest BCUT2D eigenvalue weighted by molar-refractivity contribution is 0.938. The van der Waals surface area contributed by atoms with Crippen molar-refractivity contribution in [1.82, 2.24) is 10.2 Å². The van der Waals surface area contributed by atoms with E-state index in [-0.39, 0.29) is 0 Å². The van der Waals surface area contributed by atoms with Crippen molar-refractivity contribution >= 4 is 23.1 Å². The molecule has 1 aliphatic rings. The maximum Gasteiger partial charge on any atom is 0.175 e. The van der Waals surface area contributed by atoms with E-state index in [9.17, 15) is 0 Å². The maximum absolute atomic E-state index is 5.14. The van der Waals surface area contributed by atoms with Gasteiger partial charge in [-0.15, -0.1) is 16.6 Å². The average Bonchev–Trinajstić information content (AvgIpc) is 2.83. The van der Waals surface area contributed by atoms with Crippen LogP contribution in [0.1, 0.15) is 23.8 Å². The minimum Gasteiger partial charge on any atom is -0.142 e. The smallest absolute Gasteiger partial charge is 0.142 e. The summed E-state index contributed by atoms with van der Waals surface area (Å²) in [5.41, 5.74) is 0. The second-order valence-corrected chi connectivity index (χ2v) is 4.90. The molecule has 2 nitrogen and oxygen atoms in total. The molecule has 0 spiro atoms. The van der Waals surface area contributed by atoms with E-state index in [4.69, 9.17) is 6.42 Å². The highest BCUT2D eigenvalue weighted by molar-refractivity contribution is 8.01. The molecule has 1 aromatic rings. The molecule has 1 saturated carbocycles. The fourth-order valence-corrected chi connectivity index (χ4v) is 2.60. The van der Waals surface area contributed by atoms with Crippen molar-refractivity contribution < 1.29 is 0 Å². The number of hydrogen-bond donors (Lipinski definition) is 0. The fraction of sp³-hybridized carbons (Fsp3) is 0.500. The Kier molecular flexibility index (Phi) is 2.33. The molecule has 4 heteroatoms. The normalized spacial score (nSPS) is 15.9. The maximum atomic E-state index is 5.14. The van der Waals surface area contributed by atoms with Gasteiger partial charge in [0.2, 0.25) is 0 Å². The molecule has 0 radical (unpaired) electrons. The molecule has 0 amide bonds. The van der Waals surface area contributed by atoms with E-state index in [1.807, 2.05) is 0 Å². The zero-order valence-corrected chi connectivity index (χ0v) is 8.12. The third-order valence-electron chi connectivity index (χ3n) is 1.63. The SMILES string of the molecule is C#CCSc1nnc(C2CC2)s1. The number of thioether (sulfide) groups is 1. The van der Waals surface area contributed by atoms with Crippen LogP contribution < -0.4 is 0 Å². The Morgan fingerprint density at radius 3 is 3.08 bits per heavy atom. The van der Waals surface area contributed by atoms with Crippen LogP contribution in [-0.2, 0) is 0 Å². The summed E-state index contributed by atoms with van der Waals surface area (Å²) < 4.78 is 1.01. The molecule has 12 heavy (non-hydrogen) atoms. The van der Waals surface area contributed by atoms with Crippen LogP contribution in [0.15, 0.2) is 4.34 Å². The van der Waals surface area contributed by atoms with Crippen LogP contribution in [0.5, 0.6) is 0 Å². The minimum absolute atomic E-state index is 0.694. The summed E-state index contributed by atoms with van der Waals surface area (Å²) in [6.07, 6.45) is 7.71. The highest BCUT2D eigenvalue weighted by Crippen LogP contribution is 2.42. The van der Waals surface area contributed by atoms with E-state index in [1.54, 1.807) is 23.1 Å². The fourth-order valence-electron chi connectivity index (χ4n) is 0.877. The van der Waals surface area contributed by atoms with E-state index < -0.39 is 0 Å². The van der Waals surface area contributed by atoms with Gasteiger partial charge >= 0.3 is 0 Å². The first kappa shape index (κ1) is 8.09. The summed E-state index contributed by atoms with van der Waals surface area (Å²) in [7, 11) is 0. The average molecular weight is 196 g/mol. The molecular weight excluding hydrogens is 188 g/mol. The van der Waals surface area contributed by atoms with Gasteiger partial charge in [-0.2, -0.15) is 0 Å². The van der Waals surface area contributed by atoms with Gasteiger partial charge < -0.3 is 0 Å². The molecule has 1 fully saturated rings. The molecular formula is C8H8N2S2. The van der Waals surface area contributed by atoms with Crippen LogP contribution in [0.4, 0.5) is 0 Å². The van der Waals surface area contributed by atoms with Crippen LogP contribution in [0.3, 0.4) is 0 Å². The van der Waals surface area contributed by atoms with E-state index in [1.165, 1.54) is 17.8 Å². The van der Waals surface area contributed by atoms with E-state index in [2.05, 4.69) is 16.1 Å². The van der Waals surface area contributed by atoms with Gasteiger partial charge in [0, 0.05) is 5.92 Å². The van der Waals surface area contributed by atoms with Crippen molar-refractivity contribution in [2.75, 3.05) is 5.75 Å². The predicted octanol–water partition coefficient (Wildman–Crippen LogP) is 2.14. The highest BCUT2D eigenvalue weighted by atomic mass is 32.2. The second-order valence-electron chi connectivity index (χ2n) is 2.67. The van der Waals surface area contributed by atoms with Crippen molar-refractivity contribution in [2.45, 2.75) is 23.1 Å². The lowest BCUT2D eigenvalue weighted by atomic mass is 10.5. The third kappa shape index (κ3) is 1.79. The largest absolute Gasteiger partial charge is 0.175 e. The van der Waals surface area contributed by atoms with Crippen molar-refractivity contribution in [3.63, 3.8) is 0 Å². The first-order valence-corrected chi connectivity index (χ1v) is 5.60. The number of hydrogen-bond acceptors (Lipinski definition) is 4. The highest BCUT2D eigenvalue weighted by Gasteiger charge is 2.27. The van der Waals surface area contributed by atoms with Gasteiger partial charge in [-0.25, -0.2) is 0 Å². The molecule has 1 aliphatic carbocycles. The Hall–Kier alpha value is -0.530. The first-order chi connectivity index (χ1) is 5.90. The van der Waals surface area contributed by atoms with Gasteiger partial charge in [-0.05, 0) is 12.8 Å². The third-order valence-corrected chi connectivity index (χ3v) is 3.75. The monoisotopic (exact) mass is 196 g/mol. The van der Waals surface area contributed by atoms with Crippen molar-refractivity contribution in [3.8, 4) is 12.3 Å². The quantitative estimate of drug-likeness (QED) is 0.547. The summed E-state index contributed by atoms with van der Waals surface area (Å²) in [6, 6.07) is 0. The molecule has 0 bridgehead atoms. The Morgan fingerprint density at radius 1 is 1.58 bits per heavy atom. The Balaban J connectivity index is 1.99. The molecule has 0 saturated heterocycles. The topological polar surface area (TPSA) is 25.8 Å². The zero-order chi connectivity index (χ0) is 8.39. The van der Waals surface area contributed by atoms with Crippen molar-refractivity contribution in [1.29, 1.82) is 0 Å². The zero-order valence-electron chi connectivity index (χ0n) is 6.49. The lowest BCUT2D eigenvalue weighted by Gasteiger charge is -1.84. The van der Waals surface area contributed by atoms with Crippen molar-refractivity contribution in [2.24, 2.45) is 0 Å². The first-order valence-electron chi connectivity index (χ1n) is 3.80. The van der Waals surface area contributed by atoms with Gasteiger partial charge in [0.1, 0.15) is 5.01 Å². The number of nitrogens with zero attached hydrogens (tertiary/aromatic N) is 2. The van der Waals surface area contributed by atoms with Crippen LogP contribution in [0.2, 0.25) is 0 Å².